The van der Waals surface area contributed by atoms with E-state index in [2.05, 4.69) is 0 Å². The zero-order valence-electron chi connectivity index (χ0n) is 9.06. The van der Waals surface area contributed by atoms with Gasteiger partial charge in [0.2, 0.25) is 0 Å². The van der Waals surface area contributed by atoms with Crippen molar-refractivity contribution in [1.82, 2.24) is 0 Å². The molecule has 0 heterocycles. The van der Waals surface area contributed by atoms with Crippen LogP contribution in [0.15, 0.2) is 18.2 Å². The predicted molar refractivity (Wildman–Crippen MR) is 59.2 cm³/mol. The highest BCUT2D eigenvalue weighted by Gasteiger charge is 2.05. The lowest BCUT2D eigenvalue weighted by Crippen LogP contribution is -2.12. The van der Waals surface area contributed by atoms with Crippen LogP contribution in [0.25, 0.3) is 0 Å². The summed E-state index contributed by atoms with van der Waals surface area (Å²) < 4.78 is 10.5. The zero-order valence-corrected chi connectivity index (χ0v) is 9.06. The highest BCUT2D eigenvalue weighted by Crippen LogP contribution is 2.26. The highest BCUT2D eigenvalue weighted by atomic mass is 16.5. The molecule has 0 aliphatic carbocycles. The van der Waals surface area contributed by atoms with E-state index in [-0.39, 0.29) is 12.5 Å². The molecule has 0 aromatic heterocycles. The Kier molecular flexibility index (Phi) is 4.24. The molecule has 3 N–H and O–H groups in total. The van der Waals surface area contributed by atoms with Crippen molar-refractivity contribution in [2.45, 2.75) is 6.92 Å². The lowest BCUT2D eigenvalue weighted by atomic mass is 10.2. The molecule has 0 radical (unpaired) electrons. The molecule has 0 aliphatic heterocycles. The predicted octanol–water partition coefficient (Wildman–Crippen LogP) is 1.28. The van der Waals surface area contributed by atoms with E-state index in [0.717, 1.165) is 0 Å². The molecule has 1 aromatic rings. The number of rotatable bonds is 5. The van der Waals surface area contributed by atoms with Gasteiger partial charge in [0.1, 0.15) is 11.5 Å². The van der Waals surface area contributed by atoms with Gasteiger partial charge in [-0.3, -0.25) is 0 Å². The second-order valence-corrected chi connectivity index (χ2v) is 3.50. The summed E-state index contributed by atoms with van der Waals surface area (Å²) in [6, 6.07) is 5.24. The fourth-order valence-corrected chi connectivity index (χ4v) is 1.05. The van der Waals surface area contributed by atoms with E-state index in [0.29, 0.717) is 23.8 Å². The van der Waals surface area contributed by atoms with Crippen molar-refractivity contribution in [3.8, 4) is 11.5 Å². The van der Waals surface area contributed by atoms with Gasteiger partial charge in [-0.15, -0.1) is 0 Å². The summed E-state index contributed by atoms with van der Waals surface area (Å²) in [5, 5.41) is 8.85. The minimum absolute atomic E-state index is 0.0931. The van der Waals surface area contributed by atoms with Crippen LogP contribution in [0.2, 0.25) is 0 Å². The number of hydrogen-bond donors (Lipinski definition) is 2. The van der Waals surface area contributed by atoms with Crippen molar-refractivity contribution in [1.29, 1.82) is 0 Å². The number of methoxy groups -OCH3 is 1. The summed E-state index contributed by atoms with van der Waals surface area (Å²) in [4.78, 5) is 0. The highest BCUT2D eigenvalue weighted by molar-refractivity contribution is 5.55. The Morgan fingerprint density at radius 2 is 2.20 bits per heavy atom. The van der Waals surface area contributed by atoms with Crippen molar-refractivity contribution in [3.63, 3.8) is 0 Å². The summed E-state index contributed by atoms with van der Waals surface area (Å²) in [6.07, 6.45) is 0. The maximum Gasteiger partial charge on any atom is 0.145 e. The molecule has 0 aliphatic rings. The molecule has 0 saturated heterocycles. The van der Waals surface area contributed by atoms with Crippen LogP contribution in [0, 0.1) is 5.92 Å². The molecular weight excluding hydrogens is 194 g/mol. The number of aliphatic hydroxyl groups is 1. The first-order valence-electron chi connectivity index (χ1n) is 4.84. The van der Waals surface area contributed by atoms with Gasteiger partial charge in [0.15, 0.2) is 0 Å². The summed E-state index contributed by atoms with van der Waals surface area (Å²) >= 11 is 0. The Morgan fingerprint density at radius 3 is 2.80 bits per heavy atom. The molecule has 15 heavy (non-hydrogen) atoms. The first kappa shape index (κ1) is 11.7. The molecule has 0 amide bonds. The van der Waals surface area contributed by atoms with E-state index in [1.54, 1.807) is 25.3 Å². The largest absolute Gasteiger partial charge is 0.497 e. The third kappa shape index (κ3) is 3.32. The molecule has 4 nitrogen and oxygen atoms in total. The molecular formula is C11H17NO3. The van der Waals surface area contributed by atoms with Crippen LogP contribution in [0.5, 0.6) is 11.5 Å². The van der Waals surface area contributed by atoms with Crippen LogP contribution in [-0.2, 0) is 0 Å². The fraction of sp³-hybridized carbons (Fsp3) is 0.455. The summed E-state index contributed by atoms with van der Waals surface area (Å²) in [7, 11) is 1.59. The van der Waals surface area contributed by atoms with E-state index in [4.69, 9.17) is 20.3 Å². The fourth-order valence-electron chi connectivity index (χ4n) is 1.05. The number of hydrogen-bond acceptors (Lipinski definition) is 4. The molecule has 0 fully saturated rings. The van der Waals surface area contributed by atoms with Gasteiger partial charge in [-0.25, -0.2) is 0 Å². The average Bonchev–Trinajstić information content (AvgIpc) is 2.27. The van der Waals surface area contributed by atoms with Crippen molar-refractivity contribution < 1.29 is 14.6 Å². The smallest absolute Gasteiger partial charge is 0.145 e. The summed E-state index contributed by atoms with van der Waals surface area (Å²) in [5.74, 6) is 1.39. The van der Waals surface area contributed by atoms with Crippen LogP contribution in [0.3, 0.4) is 0 Å². The number of benzene rings is 1. The zero-order chi connectivity index (χ0) is 11.3. The maximum absolute atomic E-state index is 8.85. The van der Waals surface area contributed by atoms with Crippen LogP contribution in [-0.4, -0.2) is 25.4 Å². The monoisotopic (exact) mass is 211 g/mol. The van der Waals surface area contributed by atoms with E-state index in [1.807, 2.05) is 6.92 Å². The molecule has 84 valence electrons. The van der Waals surface area contributed by atoms with Gasteiger partial charge in [0.05, 0.1) is 19.4 Å². The van der Waals surface area contributed by atoms with Gasteiger partial charge in [-0.1, -0.05) is 6.92 Å². The molecule has 0 bridgehead atoms. The van der Waals surface area contributed by atoms with Crippen LogP contribution >= 0.6 is 0 Å². The normalized spacial score (nSPS) is 12.2. The van der Waals surface area contributed by atoms with Crippen molar-refractivity contribution in [2.24, 2.45) is 5.92 Å². The topological polar surface area (TPSA) is 64.7 Å². The standard InChI is InChI=1S/C11H17NO3/c1-8(6-13)7-15-11-5-9(14-2)3-4-10(11)12/h3-5,8,13H,6-7,12H2,1-2H3. The summed E-state index contributed by atoms with van der Waals surface area (Å²) in [6.45, 7) is 2.44. The van der Waals surface area contributed by atoms with Crippen LogP contribution in [0.1, 0.15) is 6.92 Å². The third-order valence-corrected chi connectivity index (χ3v) is 2.06. The second kappa shape index (κ2) is 5.46. The first-order chi connectivity index (χ1) is 7.17. The van der Waals surface area contributed by atoms with Gasteiger partial charge in [-0.05, 0) is 12.1 Å². The number of anilines is 1. The van der Waals surface area contributed by atoms with Crippen molar-refractivity contribution >= 4 is 5.69 Å². The molecule has 0 spiro atoms. The third-order valence-electron chi connectivity index (χ3n) is 2.06. The Bertz CT molecular complexity index is 315. The van der Waals surface area contributed by atoms with Crippen LogP contribution in [0.4, 0.5) is 5.69 Å². The molecule has 4 heteroatoms. The Balaban J connectivity index is 2.66. The SMILES string of the molecule is COc1ccc(N)c(OCC(C)CO)c1. The number of ether oxygens (including phenoxy) is 2. The Morgan fingerprint density at radius 1 is 1.47 bits per heavy atom. The quantitative estimate of drug-likeness (QED) is 0.720. The van der Waals surface area contributed by atoms with E-state index in [1.165, 1.54) is 0 Å². The van der Waals surface area contributed by atoms with Gasteiger partial charge >= 0.3 is 0 Å². The lowest BCUT2D eigenvalue weighted by Gasteiger charge is -2.13. The molecule has 1 aromatic carbocycles. The van der Waals surface area contributed by atoms with Crippen LogP contribution < -0.4 is 15.2 Å². The van der Waals surface area contributed by atoms with Gasteiger partial charge in [-0.2, -0.15) is 0 Å². The molecule has 0 saturated carbocycles. The van der Waals surface area contributed by atoms with E-state index < -0.39 is 0 Å². The van der Waals surface area contributed by atoms with Gasteiger partial charge in [0, 0.05) is 18.6 Å². The Hall–Kier alpha value is -1.42. The lowest BCUT2D eigenvalue weighted by molar-refractivity contribution is 0.174. The van der Waals surface area contributed by atoms with Gasteiger partial charge < -0.3 is 20.3 Å². The molecule has 1 rings (SSSR count). The molecule has 1 atom stereocenters. The van der Waals surface area contributed by atoms with E-state index in [9.17, 15) is 0 Å². The van der Waals surface area contributed by atoms with Crippen molar-refractivity contribution in [2.75, 3.05) is 26.1 Å². The first-order valence-corrected chi connectivity index (χ1v) is 4.84. The number of nitrogen functional groups attached to an aromatic ring is 1. The number of nitrogens with two attached hydrogens (primary N) is 1. The molecule has 1 unspecified atom stereocenters. The van der Waals surface area contributed by atoms with Gasteiger partial charge in [0.25, 0.3) is 0 Å². The van der Waals surface area contributed by atoms with Crippen molar-refractivity contribution in [3.05, 3.63) is 18.2 Å². The minimum Gasteiger partial charge on any atom is -0.497 e. The van der Waals surface area contributed by atoms with E-state index >= 15 is 0 Å². The average molecular weight is 211 g/mol. The number of aliphatic hydroxyl groups excluding tert-OH is 1. The Labute approximate surface area is 89.6 Å². The second-order valence-electron chi connectivity index (χ2n) is 3.50. The maximum atomic E-state index is 8.85. The minimum atomic E-state index is 0.0931. The summed E-state index contributed by atoms with van der Waals surface area (Å²) in [5.41, 5.74) is 6.30.